The number of hydrogen-bond donors (Lipinski definition) is 1. The van der Waals surface area contributed by atoms with Crippen molar-refractivity contribution < 1.29 is 9.53 Å². The summed E-state index contributed by atoms with van der Waals surface area (Å²) in [6, 6.07) is 18.3. The van der Waals surface area contributed by atoms with Crippen molar-refractivity contribution >= 4 is 34.4 Å². The first-order valence-corrected chi connectivity index (χ1v) is 11.3. The van der Waals surface area contributed by atoms with Crippen molar-refractivity contribution in [2.24, 2.45) is 0 Å². The summed E-state index contributed by atoms with van der Waals surface area (Å²) in [7, 11) is 0. The van der Waals surface area contributed by atoms with E-state index in [0.29, 0.717) is 39.1 Å². The van der Waals surface area contributed by atoms with Gasteiger partial charge in [0, 0.05) is 11.1 Å². The van der Waals surface area contributed by atoms with Crippen LogP contribution in [0, 0.1) is 6.92 Å². The molecule has 0 fully saturated rings. The van der Waals surface area contributed by atoms with E-state index in [9.17, 15) is 4.79 Å². The summed E-state index contributed by atoms with van der Waals surface area (Å²) in [5, 5.41) is 13.3. The predicted molar refractivity (Wildman–Crippen MR) is 133 cm³/mol. The lowest BCUT2D eigenvalue weighted by molar-refractivity contribution is -0.128. The Bertz CT molecular complexity index is 1510. The molecule has 10 heteroatoms. The van der Waals surface area contributed by atoms with E-state index >= 15 is 0 Å². The van der Waals surface area contributed by atoms with Gasteiger partial charge in [0.1, 0.15) is 17.9 Å². The van der Waals surface area contributed by atoms with E-state index in [0.717, 1.165) is 5.69 Å². The minimum absolute atomic E-state index is 0.348. The highest BCUT2D eigenvalue weighted by molar-refractivity contribution is 6.30. The first kappa shape index (κ1) is 22.5. The molecule has 0 atom stereocenters. The van der Waals surface area contributed by atoms with Gasteiger partial charge in [0.25, 0.3) is 5.91 Å². The number of anilines is 1. The zero-order chi connectivity index (χ0) is 24.6. The van der Waals surface area contributed by atoms with E-state index in [1.54, 1.807) is 59.7 Å². The van der Waals surface area contributed by atoms with Crippen molar-refractivity contribution in [2.75, 3.05) is 5.32 Å². The molecule has 5 aromatic rings. The Kier molecular flexibility index (Phi) is 5.70. The molecule has 0 saturated heterocycles. The van der Waals surface area contributed by atoms with Crippen molar-refractivity contribution in [2.45, 2.75) is 26.4 Å². The van der Waals surface area contributed by atoms with Gasteiger partial charge in [0.05, 0.1) is 23.0 Å². The fourth-order valence-corrected chi connectivity index (χ4v) is 3.75. The third kappa shape index (κ3) is 4.45. The molecule has 0 aliphatic rings. The first-order valence-electron chi connectivity index (χ1n) is 10.9. The number of fused-ring (bicyclic) bond motifs is 1. The second-order valence-electron chi connectivity index (χ2n) is 8.43. The Morgan fingerprint density at radius 2 is 1.77 bits per heavy atom. The lowest BCUT2D eigenvalue weighted by Gasteiger charge is -2.25. The summed E-state index contributed by atoms with van der Waals surface area (Å²) in [5.41, 5.74) is 1.03. The van der Waals surface area contributed by atoms with E-state index in [4.69, 9.17) is 16.3 Å². The Labute approximate surface area is 206 Å². The Morgan fingerprint density at radius 3 is 2.51 bits per heavy atom. The number of nitrogens with one attached hydrogen (secondary N) is 1. The van der Waals surface area contributed by atoms with Crippen LogP contribution in [0.25, 0.3) is 22.5 Å². The van der Waals surface area contributed by atoms with E-state index in [2.05, 4.69) is 25.5 Å². The van der Waals surface area contributed by atoms with Crippen LogP contribution in [0.15, 0.2) is 73.2 Å². The van der Waals surface area contributed by atoms with Crippen molar-refractivity contribution in [1.29, 1.82) is 0 Å². The molecular formula is C25H22ClN7O2. The van der Waals surface area contributed by atoms with Crippen molar-refractivity contribution in [3.05, 3.63) is 83.9 Å². The molecule has 0 radical (unpaired) electrons. The maximum Gasteiger partial charge on any atom is 0.269 e. The van der Waals surface area contributed by atoms with Gasteiger partial charge < -0.3 is 10.1 Å². The van der Waals surface area contributed by atoms with Gasteiger partial charge in [-0.2, -0.15) is 14.9 Å². The largest absolute Gasteiger partial charge is 0.478 e. The standard InChI is InChI=1S/C25H22ClN7O2/c1-16-13-21(30-24(34)25(2,3)35-19-11-9-17(26)10-12-19)33(31-16)23-20-14-29-32(22(20)27-15-28-23)18-7-5-4-6-8-18/h4-15H,1-3H3,(H,30,34). The highest BCUT2D eigenvalue weighted by atomic mass is 35.5. The number of aromatic nitrogens is 6. The molecule has 35 heavy (non-hydrogen) atoms. The molecule has 0 spiro atoms. The molecule has 2 aromatic carbocycles. The molecule has 0 aliphatic heterocycles. The lowest BCUT2D eigenvalue weighted by atomic mass is 10.1. The maximum absolute atomic E-state index is 13.2. The van der Waals surface area contributed by atoms with Crippen molar-refractivity contribution in [1.82, 2.24) is 29.5 Å². The quantitative estimate of drug-likeness (QED) is 0.370. The number of benzene rings is 2. The minimum Gasteiger partial charge on any atom is -0.478 e. The number of para-hydroxylation sites is 1. The van der Waals surface area contributed by atoms with Crippen LogP contribution in [0.4, 0.5) is 5.82 Å². The predicted octanol–water partition coefficient (Wildman–Crippen LogP) is 4.76. The number of amides is 1. The zero-order valence-corrected chi connectivity index (χ0v) is 20.1. The molecule has 1 amide bonds. The molecule has 3 heterocycles. The summed E-state index contributed by atoms with van der Waals surface area (Å²) in [6.07, 6.45) is 3.14. The lowest BCUT2D eigenvalue weighted by Crippen LogP contribution is -2.42. The molecular weight excluding hydrogens is 466 g/mol. The average molecular weight is 488 g/mol. The van der Waals surface area contributed by atoms with E-state index in [1.165, 1.54) is 6.33 Å². The first-order chi connectivity index (χ1) is 16.8. The molecule has 0 aliphatic carbocycles. The summed E-state index contributed by atoms with van der Waals surface area (Å²) in [5.74, 6) is 1.13. The zero-order valence-electron chi connectivity index (χ0n) is 19.3. The van der Waals surface area contributed by atoms with Crippen LogP contribution >= 0.6 is 11.6 Å². The van der Waals surface area contributed by atoms with Crippen LogP contribution in [-0.4, -0.2) is 41.0 Å². The van der Waals surface area contributed by atoms with Gasteiger partial charge in [0.15, 0.2) is 17.1 Å². The van der Waals surface area contributed by atoms with Crippen LogP contribution < -0.4 is 10.1 Å². The minimum atomic E-state index is -1.17. The fourth-order valence-electron chi connectivity index (χ4n) is 3.62. The van der Waals surface area contributed by atoms with Crippen molar-refractivity contribution in [3.63, 3.8) is 0 Å². The molecule has 0 unspecified atom stereocenters. The number of nitrogens with zero attached hydrogens (tertiary/aromatic N) is 6. The molecule has 0 bridgehead atoms. The molecule has 9 nitrogen and oxygen atoms in total. The van der Waals surface area contributed by atoms with Gasteiger partial charge in [-0.15, -0.1) is 0 Å². The average Bonchev–Trinajstić information content (AvgIpc) is 3.44. The van der Waals surface area contributed by atoms with E-state index in [1.807, 2.05) is 37.3 Å². The topological polar surface area (TPSA) is 99.7 Å². The summed E-state index contributed by atoms with van der Waals surface area (Å²) < 4.78 is 9.24. The second-order valence-corrected chi connectivity index (χ2v) is 8.87. The maximum atomic E-state index is 13.2. The van der Waals surface area contributed by atoms with E-state index < -0.39 is 5.60 Å². The number of halogens is 1. The SMILES string of the molecule is Cc1cc(NC(=O)C(C)(C)Oc2ccc(Cl)cc2)n(-c2ncnc3c2cnn3-c2ccccc2)n1. The van der Waals surface area contributed by atoms with Crippen LogP contribution in [0.1, 0.15) is 19.5 Å². The van der Waals surface area contributed by atoms with Crippen LogP contribution in [0.5, 0.6) is 5.75 Å². The normalized spacial score (nSPS) is 11.5. The van der Waals surface area contributed by atoms with Crippen LogP contribution in [-0.2, 0) is 4.79 Å². The van der Waals surface area contributed by atoms with Crippen molar-refractivity contribution in [3.8, 4) is 17.3 Å². The monoisotopic (exact) mass is 487 g/mol. The molecule has 1 N–H and O–H groups in total. The van der Waals surface area contributed by atoms with Gasteiger partial charge in [-0.25, -0.2) is 14.6 Å². The Hall–Kier alpha value is -4.24. The highest BCUT2D eigenvalue weighted by Gasteiger charge is 2.31. The Morgan fingerprint density at radius 1 is 1.03 bits per heavy atom. The Balaban J connectivity index is 1.47. The number of rotatable bonds is 6. The van der Waals surface area contributed by atoms with E-state index in [-0.39, 0.29) is 5.91 Å². The smallest absolute Gasteiger partial charge is 0.269 e. The third-order valence-corrected chi connectivity index (χ3v) is 5.60. The third-order valence-electron chi connectivity index (χ3n) is 5.35. The second kappa shape index (κ2) is 8.84. The number of carbonyl (C=O) groups excluding carboxylic acids is 1. The van der Waals surface area contributed by atoms with Gasteiger partial charge in [0.2, 0.25) is 0 Å². The molecule has 5 rings (SSSR count). The van der Waals surface area contributed by atoms with Gasteiger partial charge in [-0.3, -0.25) is 4.79 Å². The number of ether oxygens (including phenoxy) is 1. The molecule has 0 saturated carbocycles. The van der Waals surface area contributed by atoms with Crippen LogP contribution in [0.3, 0.4) is 0 Å². The fraction of sp³-hybridized carbons (Fsp3) is 0.160. The number of carbonyl (C=O) groups is 1. The highest BCUT2D eigenvalue weighted by Crippen LogP contribution is 2.26. The molecule has 3 aromatic heterocycles. The molecule has 176 valence electrons. The summed E-state index contributed by atoms with van der Waals surface area (Å²) in [6.45, 7) is 5.22. The summed E-state index contributed by atoms with van der Waals surface area (Å²) in [4.78, 5) is 22.1. The van der Waals surface area contributed by atoms with Gasteiger partial charge in [-0.1, -0.05) is 29.8 Å². The number of hydrogen-bond acceptors (Lipinski definition) is 6. The summed E-state index contributed by atoms with van der Waals surface area (Å²) >= 11 is 5.95. The van der Waals surface area contributed by atoms with Crippen LogP contribution in [0.2, 0.25) is 5.02 Å². The van der Waals surface area contributed by atoms with Gasteiger partial charge in [-0.05, 0) is 57.2 Å². The van der Waals surface area contributed by atoms with Gasteiger partial charge >= 0.3 is 0 Å². The number of aryl methyl sites for hydroxylation is 1.